The molecule has 90 valence electrons. The summed E-state index contributed by atoms with van der Waals surface area (Å²) in [6.07, 6.45) is 1.73. The lowest BCUT2D eigenvalue weighted by molar-refractivity contribution is 0.172. The van der Waals surface area contributed by atoms with Crippen LogP contribution < -0.4 is 10.5 Å². The zero-order valence-corrected chi connectivity index (χ0v) is 11.1. The SMILES string of the molecule is COCCCOc1ccc(Br)cc1CCN. The maximum atomic E-state index is 5.69. The topological polar surface area (TPSA) is 44.5 Å². The first-order chi connectivity index (χ1) is 7.77. The van der Waals surface area contributed by atoms with Crippen LogP contribution in [0, 0.1) is 0 Å². The average Bonchev–Trinajstić information content (AvgIpc) is 2.27. The predicted molar refractivity (Wildman–Crippen MR) is 68.9 cm³/mol. The van der Waals surface area contributed by atoms with Crippen molar-refractivity contribution < 1.29 is 9.47 Å². The van der Waals surface area contributed by atoms with E-state index in [9.17, 15) is 0 Å². The van der Waals surface area contributed by atoms with Crippen LogP contribution in [0.5, 0.6) is 5.75 Å². The zero-order valence-electron chi connectivity index (χ0n) is 9.54. The van der Waals surface area contributed by atoms with E-state index in [1.54, 1.807) is 7.11 Å². The van der Waals surface area contributed by atoms with Crippen molar-refractivity contribution in [3.63, 3.8) is 0 Å². The van der Waals surface area contributed by atoms with E-state index in [2.05, 4.69) is 22.0 Å². The van der Waals surface area contributed by atoms with Crippen molar-refractivity contribution in [1.82, 2.24) is 0 Å². The van der Waals surface area contributed by atoms with Crippen molar-refractivity contribution in [1.29, 1.82) is 0 Å². The maximum absolute atomic E-state index is 5.69. The van der Waals surface area contributed by atoms with Crippen LogP contribution in [0.3, 0.4) is 0 Å². The van der Waals surface area contributed by atoms with Crippen LogP contribution in [0.15, 0.2) is 22.7 Å². The van der Waals surface area contributed by atoms with Crippen LogP contribution in [0.4, 0.5) is 0 Å². The number of rotatable bonds is 7. The molecule has 0 heterocycles. The molecule has 0 aliphatic rings. The van der Waals surface area contributed by atoms with Crippen molar-refractivity contribution in [3.8, 4) is 5.75 Å². The van der Waals surface area contributed by atoms with Gasteiger partial charge >= 0.3 is 0 Å². The summed E-state index contributed by atoms with van der Waals surface area (Å²) in [5, 5.41) is 0. The van der Waals surface area contributed by atoms with Gasteiger partial charge in [0.2, 0.25) is 0 Å². The van der Waals surface area contributed by atoms with Gasteiger partial charge in [0.1, 0.15) is 5.75 Å². The molecule has 0 bridgehead atoms. The molecule has 0 aliphatic heterocycles. The summed E-state index contributed by atoms with van der Waals surface area (Å²) >= 11 is 3.44. The molecule has 0 spiro atoms. The van der Waals surface area contributed by atoms with E-state index in [4.69, 9.17) is 15.2 Å². The van der Waals surface area contributed by atoms with Gasteiger partial charge in [-0.15, -0.1) is 0 Å². The van der Waals surface area contributed by atoms with Crippen LogP contribution in [0.2, 0.25) is 0 Å². The third-order valence-electron chi connectivity index (χ3n) is 2.19. The second kappa shape index (κ2) is 7.65. The third-order valence-corrected chi connectivity index (χ3v) is 2.68. The summed E-state index contributed by atoms with van der Waals surface area (Å²) in [5.74, 6) is 0.921. The summed E-state index contributed by atoms with van der Waals surface area (Å²) in [6.45, 7) is 2.03. The molecule has 0 saturated heterocycles. The number of halogens is 1. The molecular formula is C12H18BrNO2. The smallest absolute Gasteiger partial charge is 0.122 e. The van der Waals surface area contributed by atoms with Crippen LogP contribution in [0.25, 0.3) is 0 Å². The highest BCUT2D eigenvalue weighted by molar-refractivity contribution is 9.10. The quantitative estimate of drug-likeness (QED) is 0.783. The zero-order chi connectivity index (χ0) is 11.8. The first-order valence-electron chi connectivity index (χ1n) is 5.38. The largest absolute Gasteiger partial charge is 0.493 e. The van der Waals surface area contributed by atoms with E-state index in [-0.39, 0.29) is 0 Å². The van der Waals surface area contributed by atoms with E-state index < -0.39 is 0 Å². The number of nitrogens with two attached hydrogens (primary N) is 1. The Labute approximate surface area is 105 Å². The van der Waals surface area contributed by atoms with Crippen molar-refractivity contribution in [2.75, 3.05) is 26.9 Å². The second-order valence-electron chi connectivity index (χ2n) is 3.49. The molecule has 4 heteroatoms. The van der Waals surface area contributed by atoms with Crippen LogP contribution in [0.1, 0.15) is 12.0 Å². The molecule has 1 aromatic rings. The summed E-state index contributed by atoms with van der Waals surface area (Å²) in [4.78, 5) is 0. The highest BCUT2D eigenvalue weighted by Crippen LogP contribution is 2.23. The lowest BCUT2D eigenvalue weighted by Crippen LogP contribution is -2.07. The van der Waals surface area contributed by atoms with Gasteiger partial charge in [-0.05, 0) is 36.7 Å². The minimum Gasteiger partial charge on any atom is -0.493 e. The first kappa shape index (κ1) is 13.5. The van der Waals surface area contributed by atoms with Crippen molar-refractivity contribution in [2.24, 2.45) is 5.73 Å². The molecule has 0 aromatic heterocycles. The van der Waals surface area contributed by atoms with E-state index in [0.717, 1.165) is 35.2 Å². The van der Waals surface area contributed by atoms with E-state index in [1.165, 1.54) is 0 Å². The van der Waals surface area contributed by atoms with Crippen LogP contribution >= 0.6 is 15.9 Å². The minimum atomic E-state index is 0.630. The molecule has 3 nitrogen and oxygen atoms in total. The molecule has 1 rings (SSSR count). The van der Waals surface area contributed by atoms with Gasteiger partial charge in [-0.1, -0.05) is 15.9 Å². The van der Waals surface area contributed by atoms with Crippen LogP contribution in [-0.4, -0.2) is 26.9 Å². The van der Waals surface area contributed by atoms with Gasteiger partial charge in [-0.25, -0.2) is 0 Å². The number of hydrogen-bond donors (Lipinski definition) is 1. The Hall–Kier alpha value is -0.580. The van der Waals surface area contributed by atoms with Gasteiger partial charge in [-0.3, -0.25) is 0 Å². The molecule has 1 aromatic carbocycles. The first-order valence-corrected chi connectivity index (χ1v) is 6.17. The molecule has 0 amide bonds. The van der Waals surface area contributed by atoms with E-state index in [1.807, 2.05) is 12.1 Å². The molecule has 2 N–H and O–H groups in total. The molecule has 16 heavy (non-hydrogen) atoms. The second-order valence-corrected chi connectivity index (χ2v) is 4.40. The molecule has 0 radical (unpaired) electrons. The number of hydrogen-bond acceptors (Lipinski definition) is 3. The lowest BCUT2D eigenvalue weighted by atomic mass is 10.1. The Balaban J connectivity index is 2.56. The maximum Gasteiger partial charge on any atom is 0.122 e. The molecule has 0 aliphatic carbocycles. The predicted octanol–water partition coefficient (Wildman–Crippen LogP) is 2.37. The van der Waals surface area contributed by atoms with Gasteiger partial charge < -0.3 is 15.2 Å². The summed E-state index contributed by atoms with van der Waals surface area (Å²) in [5.41, 5.74) is 6.71. The van der Waals surface area contributed by atoms with Crippen molar-refractivity contribution in [2.45, 2.75) is 12.8 Å². The van der Waals surface area contributed by atoms with Gasteiger partial charge in [0, 0.05) is 24.6 Å². The Morgan fingerprint density at radius 1 is 1.31 bits per heavy atom. The number of ether oxygens (including phenoxy) is 2. The van der Waals surface area contributed by atoms with Gasteiger partial charge in [0.05, 0.1) is 6.61 Å². The summed E-state index contributed by atoms with van der Waals surface area (Å²) in [6, 6.07) is 6.01. The molecule has 0 atom stereocenters. The van der Waals surface area contributed by atoms with Gasteiger partial charge in [0.25, 0.3) is 0 Å². The Bertz CT molecular complexity index is 318. The molecular weight excluding hydrogens is 270 g/mol. The summed E-state index contributed by atoms with van der Waals surface area (Å²) in [7, 11) is 1.69. The van der Waals surface area contributed by atoms with Gasteiger partial charge in [0.15, 0.2) is 0 Å². The molecule has 0 fully saturated rings. The Morgan fingerprint density at radius 3 is 2.81 bits per heavy atom. The number of benzene rings is 1. The average molecular weight is 288 g/mol. The Kier molecular flexibility index (Phi) is 6.45. The minimum absolute atomic E-state index is 0.630. The molecule has 0 saturated carbocycles. The normalized spacial score (nSPS) is 10.4. The lowest BCUT2D eigenvalue weighted by Gasteiger charge is -2.11. The molecule has 0 unspecified atom stereocenters. The van der Waals surface area contributed by atoms with E-state index >= 15 is 0 Å². The van der Waals surface area contributed by atoms with Crippen molar-refractivity contribution in [3.05, 3.63) is 28.2 Å². The Morgan fingerprint density at radius 2 is 2.12 bits per heavy atom. The highest BCUT2D eigenvalue weighted by atomic mass is 79.9. The third kappa shape index (κ3) is 4.51. The standard InChI is InChI=1S/C12H18BrNO2/c1-15-7-2-8-16-12-4-3-11(13)9-10(12)5-6-14/h3-4,9H,2,5-8,14H2,1H3. The highest BCUT2D eigenvalue weighted by Gasteiger charge is 2.03. The fourth-order valence-electron chi connectivity index (χ4n) is 1.43. The summed E-state index contributed by atoms with van der Waals surface area (Å²) < 4.78 is 11.7. The van der Waals surface area contributed by atoms with Crippen molar-refractivity contribution >= 4 is 15.9 Å². The monoisotopic (exact) mass is 287 g/mol. The fraction of sp³-hybridized carbons (Fsp3) is 0.500. The van der Waals surface area contributed by atoms with Gasteiger partial charge in [-0.2, -0.15) is 0 Å². The number of methoxy groups -OCH3 is 1. The van der Waals surface area contributed by atoms with E-state index in [0.29, 0.717) is 13.2 Å². The fourth-order valence-corrected chi connectivity index (χ4v) is 1.83. The van der Waals surface area contributed by atoms with Crippen LogP contribution in [-0.2, 0) is 11.2 Å².